The summed E-state index contributed by atoms with van der Waals surface area (Å²) in [7, 11) is 1.57. The Hall–Kier alpha value is -2.63. The van der Waals surface area contributed by atoms with Gasteiger partial charge in [-0.15, -0.1) is 6.58 Å². The van der Waals surface area contributed by atoms with Crippen LogP contribution in [0.3, 0.4) is 0 Å². The van der Waals surface area contributed by atoms with Gasteiger partial charge in [-0.2, -0.15) is 5.10 Å². The number of nitrogens with zero attached hydrogens (tertiary/aromatic N) is 1. The van der Waals surface area contributed by atoms with Gasteiger partial charge in [0.25, 0.3) is 0 Å². The minimum Gasteiger partial charge on any atom is -0.497 e. The second-order valence-electron chi connectivity index (χ2n) is 3.47. The Morgan fingerprint density at radius 2 is 2.00 bits per heavy atom. The van der Waals surface area contributed by atoms with Crippen molar-refractivity contribution in [1.29, 1.82) is 0 Å². The topological polar surface area (TPSA) is 79.8 Å². The molecule has 0 saturated carbocycles. The van der Waals surface area contributed by atoms with Gasteiger partial charge in [-0.25, -0.2) is 5.43 Å². The number of carbonyl (C=O) groups is 2. The molecule has 2 amide bonds. The lowest BCUT2D eigenvalue weighted by atomic mass is 10.2. The Bertz CT molecular complexity index is 480. The maximum Gasteiger partial charge on any atom is 0.329 e. The molecule has 0 radical (unpaired) electrons. The average molecular weight is 261 g/mol. The Kier molecular flexibility index (Phi) is 5.81. The molecule has 0 saturated heterocycles. The highest BCUT2D eigenvalue weighted by atomic mass is 16.5. The fourth-order valence-electron chi connectivity index (χ4n) is 1.15. The fraction of sp³-hybridized carbons (Fsp3) is 0.154. The van der Waals surface area contributed by atoms with E-state index in [2.05, 4.69) is 22.4 Å². The van der Waals surface area contributed by atoms with Gasteiger partial charge in [0, 0.05) is 6.54 Å². The van der Waals surface area contributed by atoms with E-state index >= 15 is 0 Å². The number of amides is 2. The number of rotatable bonds is 5. The molecule has 0 aliphatic carbocycles. The minimum absolute atomic E-state index is 0.231. The maximum absolute atomic E-state index is 11.2. The normalized spacial score (nSPS) is 9.95. The first kappa shape index (κ1) is 14.4. The van der Waals surface area contributed by atoms with Crippen LogP contribution in [0.15, 0.2) is 42.0 Å². The first-order chi connectivity index (χ1) is 9.17. The van der Waals surface area contributed by atoms with Crippen LogP contribution >= 0.6 is 0 Å². The van der Waals surface area contributed by atoms with Crippen LogP contribution in [-0.4, -0.2) is 31.7 Å². The minimum atomic E-state index is -0.827. The Balaban J connectivity index is 2.46. The van der Waals surface area contributed by atoms with Crippen LogP contribution < -0.4 is 15.5 Å². The molecule has 0 spiro atoms. The summed E-state index contributed by atoms with van der Waals surface area (Å²) in [5.41, 5.74) is 2.89. The highest BCUT2D eigenvalue weighted by molar-refractivity contribution is 6.35. The SMILES string of the molecule is C=CCNC(=O)C(=O)NN=Cc1ccc(OC)cc1. The molecular formula is C13H15N3O3. The van der Waals surface area contributed by atoms with Crippen molar-refractivity contribution in [1.82, 2.24) is 10.7 Å². The smallest absolute Gasteiger partial charge is 0.329 e. The predicted octanol–water partition coefficient (Wildman–Crippen LogP) is 0.447. The largest absolute Gasteiger partial charge is 0.497 e. The summed E-state index contributed by atoms with van der Waals surface area (Å²) >= 11 is 0. The molecule has 0 bridgehead atoms. The van der Waals surface area contributed by atoms with E-state index in [9.17, 15) is 9.59 Å². The first-order valence-electron chi connectivity index (χ1n) is 5.53. The summed E-state index contributed by atoms with van der Waals surface area (Å²) in [6.07, 6.45) is 2.91. The van der Waals surface area contributed by atoms with Gasteiger partial charge < -0.3 is 10.1 Å². The molecule has 19 heavy (non-hydrogen) atoms. The number of carbonyl (C=O) groups excluding carboxylic acids is 2. The monoisotopic (exact) mass is 261 g/mol. The van der Waals surface area contributed by atoms with E-state index < -0.39 is 11.8 Å². The summed E-state index contributed by atoms with van der Waals surface area (Å²) in [5.74, 6) is -0.858. The summed E-state index contributed by atoms with van der Waals surface area (Å²) in [5, 5.41) is 6.01. The molecule has 0 aliphatic heterocycles. The predicted molar refractivity (Wildman–Crippen MR) is 71.9 cm³/mol. The van der Waals surface area contributed by atoms with E-state index in [1.54, 1.807) is 31.4 Å². The third-order valence-electron chi connectivity index (χ3n) is 2.11. The number of benzene rings is 1. The zero-order chi connectivity index (χ0) is 14.1. The van der Waals surface area contributed by atoms with Gasteiger partial charge in [0.1, 0.15) is 5.75 Å². The van der Waals surface area contributed by atoms with Crippen LogP contribution in [0, 0.1) is 0 Å². The van der Waals surface area contributed by atoms with Gasteiger partial charge in [0.05, 0.1) is 13.3 Å². The lowest BCUT2D eigenvalue weighted by Crippen LogP contribution is -2.37. The van der Waals surface area contributed by atoms with Gasteiger partial charge >= 0.3 is 11.8 Å². The van der Waals surface area contributed by atoms with Gasteiger partial charge in [-0.1, -0.05) is 6.08 Å². The zero-order valence-electron chi connectivity index (χ0n) is 10.6. The van der Waals surface area contributed by atoms with E-state index in [0.717, 1.165) is 11.3 Å². The van der Waals surface area contributed by atoms with Crippen LogP contribution in [0.5, 0.6) is 5.75 Å². The van der Waals surface area contributed by atoms with Gasteiger partial charge in [0.2, 0.25) is 0 Å². The molecule has 0 unspecified atom stereocenters. The second kappa shape index (κ2) is 7.65. The Morgan fingerprint density at radius 1 is 1.32 bits per heavy atom. The summed E-state index contributed by atoms with van der Waals surface area (Å²) in [4.78, 5) is 22.4. The first-order valence-corrected chi connectivity index (χ1v) is 5.53. The van der Waals surface area contributed by atoms with Crippen LogP contribution in [0.1, 0.15) is 5.56 Å². The summed E-state index contributed by atoms with van der Waals surface area (Å²) in [6, 6.07) is 7.07. The van der Waals surface area contributed by atoms with E-state index in [0.29, 0.717) is 0 Å². The molecular weight excluding hydrogens is 246 g/mol. The van der Waals surface area contributed by atoms with Gasteiger partial charge in [-0.3, -0.25) is 9.59 Å². The molecule has 1 aromatic carbocycles. The molecule has 0 aliphatic rings. The molecule has 1 rings (SSSR count). The molecule has 1 aromatic rings. The van der Waals surface area contributed by atoms with Crippen molar-refractivity contribution in [2.24, 2.45) is 5.10 Å². The van der Waals surface area contributed by atoms with Crippen LogP contribution in [-0.2, 0) is 9.59 Å². The van der Waals surface area contributed by atoms with Crippen molar-refractivity contribution in [2.75, 3.05) is 13.7 Å². The summed E-state index contributed by atoms with van der Waals surface area (Å²) < 4.78 is 5.01. The highest BCUT2D eigenvalue weighted by Crippen LogP contribution is 2.09. The van der Waals surface area contributed by atoms with Crippen LogP contribution in [0.4, 0.5) is 0 Å². The molecule has 6 heteroatoms. The van der Waals surface area contributed by atoms with Crippen molar-refractivity contribution in [3.8, 4) is 5.75 Å². The molecule has 2 N–H and O–H groups in total. The number of hydrazone groups is 1. The van der Waals surface area contributed by atoms with Crippen molar-refractivity contribution < 1.29 is 14.3 Å². The van der Waals surface area contributed by atoms with Crippen LogP contribution in [0.25, 0.3) is 0 Å². The number of hydrogen-bond acceptors (Lipinski definition) is 4. The lowest BCUT2D eigenvalue weighted by Gasteiger charge is -2.00. The van der Waals surface area contributed by atoms with Gasteiger partial charge in [0.15, 0.2) is 0 Å². The highest BCUT2D eigenvalue weighted by Gasteiger charge is 2.10. The number of methoxy groups -OCH3 is 1. The van der Waals surface area contributed by atoms with Crippen molar-refractivity contribution >= 4 is 18.0 Å². The average Bonchev–Trinajstić information content (AvgIpc) is 2.45. The fourth-order valence-corrected chi connectivity index (χ4v) is 1.15. The third-order valence-corrected chi connectivity index (χ3v) is 2.11. The molecule has 0 atom stereocenters. The number of nitrogens with one attached hydrogen (secondary N) is 2. The maximum atomic E-state index is 11.2. The zero-order valence-corrected chi connectivity index (χ0v) is 10.6. The molecule has 100 valence electrons. The van der Waals surface area contributed by atoms with E-state index in [1.165, 1.54) is 12.3 Å². The van der Waals surface area contributed by atoms with E-state index in [4.69, 9.17) is 4.74 Å². The van der Waals surface area contributed by atoms with E-state index in [1.807, 2.05) is 0 Å². The summed E-state index contributed by atoms with van der Waals surface area (Å²) in [6.45, 7) is 3.65. The molecule has 0 heterocycles. The van der Waals surface area contributed by atoms with Crippen molar-refractivity contribution in [3.63, 3.8) is 0 Å². The molecule has 0 aromatic heterocycles. The lowest BCUT2D eigenvalue weighted by molar-refractivity contribution is -0.139. The van der Waals surface area contributed by atoms with Gasteiger partial charge in [-0.05, 0) is 29.8 Å². The Labute approximate surface area is 111 Å². The standard InChI is InChI=1S/C13H15N3O3/c1-3-8-14-12(17)13(18)16-15-9-10-4-6-11(19-2)7-5-10/h3-7,9H,1,8H2,2H3,(H,14,17)(H,16,18). The molecule has 0 fully saturated rings. The van der Waals surface area contributed by atoms with Crippen LogP contribution in [0.2, 0.25) is 0 Å². The van der Waals surface area contributed by atoms with E-state index in [-0.39, 0.29) is 6.54 Å². The number of hydrogen-bond donors (Lipinski definition) is 2. The van der Waals surface area contributed by atoms with Crippen molar-refractivity contribution in [3.05, 3.63) is 42.5 Å². The quantitative estimate of drug-likeness (QED) is 0.349. The number of ether oxygens (including phenoxy) is 1. The second-order valence-corrected chi connectivity index (χ2v) is 3.47. The molecule has 6 nitrogen and oxygen atoms in total. The third kappa shape index (κ3) is 5.03. The Morgan fingerprint density at radius 3 is 2.58 bits per heavy atom. The van der Waals surface area contributed by atoms with Crippen molar-refractivity contribution in [2.45, 2.75) is 0 Å².